The van der Waals surface area contributed by atoms with Gasteiger partial charge in [0, 0.05) is 36.2 Å². The number of rotatable bonds is 2. The monoisotopic (exact) mass is 380 g/mol. The highest BCUT2D eigenvalue weighted by molar-refractivity contribution is 9.10. The van der Waals surface area contributed by atoms with Gasteiger partial charge < -0.3 is 9.64 Å². The third-order valence-electron chi connectivity index (χ3n) is 4.59. The summed E-state index contributed by atoms with van der Waals surface area (Å²) in [7, 11) is 0. The Labute approximate surface area is 146 Å². The van der Waals surface area contributed by atoms with Crippen molar-refractivity contribution in [1.82, 2.24) is 9.80 Å². The van der Waals surface area contributed by atoms with Gasteiger partial charge in [-0.3, -0.25) is 4.90 Å². The van der Waals surface area contributed by atoms with E-state index < -0.39 is 5.60 Å². The maximum atomic E-state index is 12.3. The van der Waals surface area contributed by atoms with Gasteiger partial charge in [-0.25, -0.2) is 4.79 Å². The molecule has 4 nitrogen and oxygen atoms in total. The predicted molar refractivity (Wildman–Crippen MR) is 94.3 cm³/mol. The maximum Gasteiger partial charge on any atom is 0.410 e. The Morgan fingerprint density at radius 3 is 2.57 bits per heavy atom. The Morgan fingerprint density at radius 2 is 1.96 bits per heavy atom. The van der Waals surface area contributed by atoms with Gasteiger partial charge in [0.05, 0.1) is 0 Å². The highest BCUT2D eigenvalue weighted by Gasteiger charge is 2.52. The average molecular weight is 381 g/mol. The first-order valence-electron chi connectivity index (χ1n) is 8.26. The number of piperazine rings is 1. The van der Waals surface area contributed by atoms with Gasteiger partial charge in [0.1, 0.15) is 5.60 Å². The fraction of sp³-hybridized carbons (Fsp3) is 0.611. The lowest BCUT2D eigenvalue weighted by Crippen LogP contribution is -2.56. The molecular weight excluding hydrogens is 356 g/mol. The van der Waals surface area contributed by atoms with Crippen LogP contribution in [0.3, 0.4) is 0 Å². The smallest absolute Gasteiger partial charge is 0.410 e. The average Bonchev–Trinajstić information content (AvgIpc) is 3.22. The van der Waals surface area contributed by atoms with Gasteiger partial charge in [0.15, 0.2) is 0 Å². The molecule has 3 rings (SSSR count). The third-order valence-corrected chi connectivity index (χ3v) is 5.37. The van der Waals surface area contributed by atoms with E-state index in [1.54, 1.807) is 0 Å². The van der Waals surface area contributed by atoms with Crippen LogP contribution in [0.1, 0.15) is 39.2 Å². The lowest BCUT2D eigenvalue weighted by Gasteiger charge is -2.42. The van der Waals surface area contributed by atoms with Crippen molar-refractivity contribution in [3.63, 3.8) is 0 Å². The number of ether oxygens (including phenoxy) is 1. The minimum atomic E-state index is -0.431. The molecule has 23 heavy (non-hydrogen) atoms. The third kappa shape index (κ3) is 3.89. The van der Waals surface area contributed by atoms with Gasteiger partial charge in [0.25, 0.3) is 0 Å². The van der Waals surface area contributed by atoms with Crippen LogP contribution in [0, 0.1) is 0 Å². The molecule has 1 amide bonds. The summed E-state index contributed by atoms with van der Waals surface area (Å²) in [6.45, 7) is 9.11. The van der Waals surface area contributed by atoms with Crippen LogP contribution in [0.25, 0.3) is 0 Å². The Kier molecular flexibility index (Phi) is 4.45. The molecule has 0 unspecified atom stereocenters. The first-order chi connectivity index (χ1) is 10.8. The zero-order chi connectivity index (χ0) is 16.7. The van der Waals surface area contributed by atoms with Crippen LogP contribution in [0.2, 0.25) is 0 Å². The molecule has 0 aromatic heterocycles. The van der Waals surface area contributed by atoms with E-state index in [0.29, 0.717) is 0 Å². The van der Waals surface area contributed by atoms with Gasteiger partial charge in [0.2, 0.25) is 0 Å². The highest BCUT2D eigenvalue weighted by atomic mass is 79.9. The van der Waals surface area contributed by atoms with E-state index in [4.69, 9.17) is 4.74 Å². The molecule has 2 fully saturated rings. The molecule has 1 aliphatic carbocycles. The second-order valence-corrected chi connectivity index (χ2v) is 8.49. The molecule has 1 spiro atoms. The van der Waals surface area contributed by atoms with E-state index >= 15 is 0 Å². The number of nitrogens with zero attached hydrogens (tertiary/aromatic N) is 2. The van der Waals surface area contributed by atoms with Crippen LogP contribution in [-0.4, -0.2) is 46.7 Å². The van der Waals surface area contributed by atoms with Crippen molar-refractivity contribution in [1.29, 1.82) is 0 Å². The number of hydrogen-bond donors (Lipinski definition) is 0. The number of amides is 1. The molecule has 1 aliphatic heterocycles. The molecule has 1 saturated carbocycles. The Balaban J connectivity index is 1.65. The van der Waals surface area contributed by atoms with E-state index in [2.05, 4.69) is 39.0 Å². The normalized spacial score (nSPS) is 20.6. The molecule has 1 heterocycles. The van der Waals surface area contributed by atoms with Gasteiger partial charge in [-0.2, -0.15) is 0 Å². The standard InChI is InChI=1S/C18H25BrN2O2/c1-17(2,3)23-16(22)20-10-11-21(18(13-20)8-9-18)12-14-6-4-5-7-15(14)19/h4-7H,8-13H2,1-3H3. The first-order valence-corrected chi connectivity index (χ1v) is 9.05. The molecule has 0 N–H and O–H groups in total. The number of halogens is 1. The molecule has 0 radical (unpaired) electrons. The summed E-state index contributed by atoms with van der Waals surface area (Å²) in [5, 5.41) is 0. The summed E-state index contributed by atoms with van der Waals surface area (Å²) in [5.41, 5.74) is 1.04. The first kappa shape index (κ1) is 16.8. The van der Waals surface area contributed by atoms with Gasteiger partial charge in [-0.1, -0.05) is 34.1 Å². The van der Waals surface area contributed by atoms with Crippen LogP contribution < -0.4 is 0 Å². The van der Waals surface area contributed by atoms with Crippen molar-refractivity contribution < 1.29 is 9.53 Å². The zero-order valence-electron chi connectivity index (χ0n) is 14.1. The Bertz CT molecular complexity index is 593. The Morgan fingerprint density at radius 1 is 1.26 bits per heavy atom. The number of carbonyl (C=O) groups is 1. The second-order valence-electron chi connectivity index (χ2n) is 7.64. The van der Waals surface area contributed by atoms with E-state index in [1.165, 1.54) is 5.56 Å². The van der Waals surface area contributed by atoms with Gasteiger partial charge in [-0.05, 0) is 45.2 Å². The fourth-order valence-electron chi connectivity index (χ4n) is 3.19. The molecule has 0 atom stereocenters. The van der Waals surface area contributed by atoms with Crippen LogP contribution in [0.5, 0.6) is 0 Å². The fourth-order valence-corrected chi connectivity index (χ4v) is 3.60. The van der Waals surface area contributed by atoms with Crippen LogP contribution >= 0.6 is 15.9 Å². The second kappa shape index (κ2) is 6.10. The SMILES string of the molecule is CC(C)(C)OC(=O)N1CCN(Cc2ccccc2Br)C2(CC2)C1. The zero-order valence-corrected chi connectivity index (χ0v) is 15.7. The molecule has 1 aromatic rings. The minimum absolute atomic E-state index is 0.157. The van der Waals surface area contributed by atoms with E-state index in [-0.39, 0.29) is 11.6 Å². The van der Waals surface area contributed by atoms with Crippen LogP contribution in [0.15, 0.2) is 28.7 Å². The van der Waals surface area contributed by atoms with Crippen molar-refractivity contribution in [3.8, 4) is 0 Å². The summed E-state index contributed by atoms with van der Waals surface area (Å²) in [5.74, 6) is 0. The summed E-state index contributed by atoms with van der Waals surface area (Å²) in [4.78, 5) is 16.7. The van der Waals surface area contributed by atoms with Gasteiger partial charge in [-0.15, -0.1) is 0 Å². The number of benzene rings is 1. The van der Waals surface area contributed by atoms with E-state index in [9.17, 15) is 4.79 Å². The highest BCUT2D eigenvalue weighted by Crippen LogP contribution is 2.45. The van der Waals surface area contributed by atoms with Crippen molar-refractivity contribution in [2.24, 2.45) is 0 Å². The van der Waals surface area contributed by atoms with Crippen molar-refractivity contribution >= 4 is 22.0 Å². The molecule has 126 valence electrons. The summed E-state index contributed by atoms with van der Waals surface area (Å²) in [6, 6.07) is 8.38. The summed E-state index contributed by atoms with van der Waals surface area (Å²) < 4.78 is 6.69. The summed E-state index contributed by atoms with van der Waals surface area (Å²) >= 11 is 3.64. The molecule has 5 heteroatoms. The van der Waals surface area contributed by atoms with Crippen LogP contribution in [-0.2, 0) is 11.3 Å². The van der Waals surface area contributed by atoms with Crippen molar-refractivity contribution in [2.45, 2.75) is 51.3 Å². The maximum absolute atomic E-state index is 12.3. The Hall–Kier alpha value is -1.07. The van der Waals surface area contributed by atoms with E-state index in [1.807, 2.05) is 31.7 Å². The quantitative estimate of drug-likeness (QED) is 0.775. The topological polar surface area (TPSA) is 32.8 Å². The van der Waals surface area contributed by atoms with Crippen LogP contribution in [0.4, 0.5) is 4.79 Å². The molecule has 1 saturated heterocycles. The summed E-state index contributed by atoms with van der Waals surface area (Å²) in [6.07, 6.45) is 2.15. The van der Waals surface area contributed by atoms with Gasteiger partial charge >= 0.3 is 6.09 Å². The minimum Gasteiger partial charge on any atom is -0.444 e. The number of hydrogen-bond acceptors (Lipinski definition) is 3. The largest absolute Gasteiger partial charge is 0.444 e. The molecular formula is C18H25BrN2O2. The van der Waals surface area contributed by atoms with E-state index in [0.717, 1.165) is 43.5 Å². The lowest BCUT2D eigenvalue weighted by molar-refractivity contribution is -0.00242. The molecule has 2 aliphatic rings. The predicted octanol–water partition coefficient (Wildman–Crippen LogP) is 4.03. The number of carbonyl (C=O) groups excluding carboxylic acids is 1. The molecule has 1 aromatic carbocycles. The lowest BCUT2D eigenvalue weighted by atomic mass is 10.1. The van der Waals surface area contributed by atoms with Crippen molar-refractivity contribution in [2.75, 3.05) is 19.6 Å². The van der Waals surface area contributed by atoms with Crippen molar-refractivity contribution in [3.05, 3.63) is 34.3 Å². The molecule has 0 bridgehead atoms.